The van der Waals surface area contributed by atoms with Crippen molar-refractivity contribution in [3.63, 3.8) is 0 Å². The molecule has 0 radical (unpaired) electrons. The predicted molar refractivity (Wildman–Crippen MR) is 172 cm³/mol. The van der Waals surface area contributed by atoms with Crippen LogP contribution >= 0.6 is 11.8 Å². The summed E-state index contributed by atoms with van der Waals surface area (Å²) in [7, 11) is 0. The first kappa shape index (κ1) is 34.3. The van der Waals surface area contributed by atoms with Gasteiger partial charge in [0.1, 0.15) is 35.2 Å². The third-order valence-electron chi connectivity index (χ3n) is 7.06. The number of ether oxygens (including phenoxy) is 1. The highest BCUT2D eigenvalue weighted by molar-refractivity contribution is 8.00. The van der Waals surface area contributed by atoms with Crippen LogP contribution in [-0.2, 0) is 6.42 Å². The zero-order valence-electron chi connectivity index (χ0n) is 25.4. The number of phenols is 1. The summed E-state index contributed by atoms with van der Waals surface area (Å²) in [6.07, 6.45) is 10.7. The molecule has 2 atom stereocenters. The minimum atomic E-state index is -1.37. The SMILES string of the molecule is CCCc1c(OCCCC/C=C\C=C\[C@H](Sc2ccc3c(=O)cc(C(=O)O)oc3c2)[C@H](O)c2cc(F)co2)ccc(C(C)=O)c1O. The third kappa shape index (κ3) is 8.76. The van der Waals surface area contributed by atoms with Gasteiger partial charge in [-0.1, -0.05) is 37.6 Å². The Morgan fingerprint density at radius 1 is 1.11 bits per heavy atom. The highest BCUT2D eigenvalue weighted by Gasteiger charge is 2.24. The van der Waals surface area contributed by atoms with Gasteiger partial charge in [-0.15, -0.1) is 11.8 Å². The summed E-state index contributed by atoms with van der Waals surface area (Å²) in [5.74, 6) is -2.06. The maximum atomic E-state index is 13.6. The second kappa shape index (κ2) is 16.1. The van der Waals surface area contributed by atoms with Crippen LogP contribution in [0.25, 0.3) is 11.0 Å². The molecule has 0 amide bonds. The number of halogens is 1. The lowest BCUT2D eigenvalue weighted by molar-refractivity contribution is 0.0662. The number of aliphatic hydroxyl groups is 1. The number of phenolic OH excluding ortho intramolecular Hbond substituents is 1. The van der Waals surface area contributed by atoms with Crippen molar-refractivity contribution in [3.8, 4) is 11.5 Å². The average Bonchev–Trinajstić information content (AvgIpc) is 3.46. The largest absolute Gasteiger partial charge is 0.507 e. The van der Waals surface area contributed by atoms with Crippen molar-refractivity contribution in [1.29, 1.82) is 0 Å². The Labute approximate surface area is 269 Å². The number of carbonyl (C=O) groups is 2. The van der Waals surface area contributed by atoms with Gasteiger partial charge in [0.05, 0.1) is 22.8 Å². The molecule has 0 unspecified atom stereocenters. The van der Waals surface area contributed by atoms with E-state index in [9.17, 15) is 34.1 Å². The van der Waals surface area contributed by atoms with Gasteiger partial charge < -0.3 is 28.9 Å². The summed E-state index contributed by atoms with van der Waals surface area (Å²) in [5, 5.41) is 30.3. The Balaban J connectivity index is 1.37. The van der Waals surface area contributed by atoms with Crippen LogP contribution in [0.15, 0.2) is 91.6 Å². The second-order valence-electron chi connectivity index (χ2n) is 10.5. The van der Waals surface area contributed by atoms with Gasteiger partial charge in [-0.2, -0.15) is 0 Å². The molecule has 4 rings (SSSR count). The number of carbonyl (C=O) groups excluding carboxylic acids is 1. The van der Waals surface area contributed by atoms with Gasteiger partial charge in [-0.3, -0.25) is 9.59 Å². The zero-order chi connectivity index (χ0) is 33.2. The number of rotatable bonds is 16. The predicted octanol–water partition coefficient (Wildman–Crippen LogP) is 7.64. The first-order valence-electron chi connectivity index (χ1n) is 14.8. The fourth-order valence-electron chi connectivity index (χ4n) is 4.75. The molecule has 0 saturated carbocycles. The van der Waals surface area contributed by atoms with E-state index in [0.717, 1.165) is 44.1 Å². The monoisotopic (exact) mass is 650 g/mol. The lowest BCUT2D eigenvalue weighted by atomic mass is 10.0. The van der Waals surface area contributed by atoms with E-state index >= 15 is 0 Å². The topological polar surface area (TPSA) is 147 Å². The molecule has 46 heavy (non-hydrogen) atoms. The molecule has 0 spiro atoms. The molecular formula is C35H35FO9S. The molecule has 0 saturated heterocycles. The van der Waals surface area contributed by atoms with Crippen LogP contribution in [0.3, 0.4) is 0 Å². The van der Waals surface area contributed by atoms with Crippen LogP contribution in [0, 0.1) is 5.82 Å². The molecule has 2 aromatic carbocycles. The third-order valence-corrected chi connectivity index (χ3v) is 8.28. The van der Waals surface area contributed by atoms with Gasteiger partial charge in [0, 0.05) is 22.6 Å². The van der Waals surface area contributed by atoms with Crippen LogP contribution in [0.1, 0.15) is 77.9 Å². The smallest absolute Gasteiger partial charge is 0.371 e. The first-order valence-corrected chi connectivity index (χ1v) is 15.7. The van der Waals surface area contributed by atoms with E-state index in [4.69, 9.17) is 13.6 Å². The Hall–Kier alpha value is -4.61. The van der Waals surface area contributed by atoms with E-state index in [2.05, 4.69) is 0 Å². The second-order valence-corrected chi connectivity index (χ2v) is 11.8. The molecule has 0 aliphatic heterocycles. The number of aromatic hydroxyl groups is 1. The number of benzene rings is 2. The van der Waals surface area contributed by atoms with Gasteiger partial charge in [0.25, 0.3) is 0 Å². The minimum absolute atomic E-state index is 0.0140. The highest BCUT2D eigenvalue weighted by Crippen LogP contribution is 2.36. The van der Waals surface area contributed by atoms with E-state index in [-0.39, 0.29) is 28.3 Å². The fraction of sp³-hybridized carbons (Fsp3) is 0.286. The van der Waals surface area contributed by atoms with E-state index in [1.165, 1.54) is 30.8 Å². The standard InChI is InChI=1S/C35H35FO9S/c1-3-10-26-28(15-14-24(21(2)37)33(26)39)43-16-9-7-5-4-6-8-11-32(34(40)30-17-22(36)20-44-30)46-23-12-13-25-27(38)19-31(35(41)42)45-29(25)18-23/h4,6,8,11-15,17-20,32,34,39-40H,3,5,7,9-10,16H2,1-2H3,(H,41,42)/b6-4-,11-8+/t32-,34+/m0/s1. The summed E-state index contributed by atoms with van der Waals surface area (Å²) in [6.45, 7) is 3.86. The molecular weight excluding hydrogens is 615 g/mol. The highest BCUT2D eigenvalue weighted by atomic mass is 32.2. The number of Topliss-reactive ketones (excluding diaryl/α,β-unsaturated/α-hetero) is 1. The Morgan fingerprint density at radius 2 is 1.91 bits per heavy atom. The molecule has 2 heterocycles. The normalized spacial score (nSPS) is 13.0. The number of furan rings is 1. The zero-order valence-corrected chi connectivity index (χ0v) is 26.2. The van der Waals surface area contributed by atoms with Crippen molar-refractivity contribution in [3.05, 3.63) is 112 Å². The molecule has 0 fully saturated rings. The molecule has 3 N–H and O–H groups in total. The van der Waals surface area contributed by atoms with Gasteiger partial charge in [-0.25, -0.2) is 9.18 Å². The van der Waals surface area contributed by atoms with Gasteiger partial charge in [-0.05, 0) is 62.9 Å². The van der Waals surface area contributed by atoms with Crippen molar-refractivity contribution < 1.29 is 42.9 Å². The summed E-state index contributed by atoms with van der Waals surface area (Å²) < 4.78 is 30.1. The number of aliphatic hydroxyl groups excluding tert-OH is 1. The van der Waals surface area contributed by atoms with Crippen molar-refractivity contribution >= 4 is 34.5 Å². The number of hydrogen-bond acceptors (Lipinski definition) is 9. The maximum Gasteiger partial charge on any atom is 0.371 e. The van der Waals surface area contributed by atoms with Crippen LogP contribution in [0.2, 0.25) is 0 Å². The fourth-order valence-corrected chi connectivity index (χ4v) is 5.82. The lowest BCUT2D eigenvalue weighted by Crippen LogP contribution is -2.12. The molecule has 11 heteroatoms. The summed E-state index contributed by atoms with van der Waals surface area (Å²) >= 11 is 1.20. The first-order chi connectivity index (χ1) is 22.1. The number of unbranched alkanes of at least 4 members (excludes halogenated alkanes) is 2. The number of carboxylic acid groups (broad SMARTS) is 1. The summed E-state index contributed by atoms with van der Waals surface area (Å²) in [4.78, 5) is 36.0. The minimum Gasteiger partial charge on any atom is -0.507 e. The molecule has 2 aromatic heterocycles. The van der Waals surface area contributed by atoms with Crippen LogP contribution in [0.5, 0.6) is 11.5 Å². The van der Waals surface area contributed by atoms with Crippen molar-refractivity contribution in [2.24, 2.45) is 0 Å². The van der Waals surface area contributed by atoms with Crippen molar-refractivity contribution in [2.75, 3.05) is 6.61 Å². The van der Waals surface area contributed by atoms with Crippen molar-refractivity contribution in [1.82, 2.24) is 0 Å². The van der Waals surface area contributed by atoms with E-state index in [1.807, 2.05) is 19.1 Å². The Bertz CT molecular complexity index is 1800. The number of allylic oxidation sites excluding steroid dienone is 3. The number of fused-ring (bicyclic) bond motifs is 1. The number of thioether (sulfide) groups is 1. The summed E-state index contributed by atoms with van der Waals surface area (Å²) in [6, 6.07) is 10.0. The molecule has 242 valence electrons. The molecule has 0 bridgehead atoms. The van der Waals surface area contributed by atoms with Gasteiger partial charge >= 0.3 is 5.97 Å². The lowest BCUT2D eigenvalue weighted by Gasteiger charge is -2.17. The van der Waals surface area contributed by atoms with E-state index in [1.54, 1.807) is 30.4 Å². The quantitative estimate of drug-likeness (QED) is 0.0478. The van der Waals surface area contributed by atoms with Crippen LogP contribution < -0.4 is 10.2 Å². The molecule has 0 aliphatic rings. The van der Waals surface area contributed by atoms with Gasteiger partial charge in [0.2, 0.25) is 5.76 Å². The molecule has 0 aliphatic carbocycles. The van der Waals surface area contributed by atoms with Crippen LogP contribution in [-0.4, -0.2) is 38.9 Å². The van der Waals surface area contributed by atoms with Crippen LogP contribution in [0.4, 0.5) is 4.39 Å². The number of ketones is 1. The maximum absolute atomic E-state index is 13.6. The Morgan fingerprint density at radius 3 is 2.61 bits per heavy atom. The average molecular weight is 651 g/mol. The van der Waals surface area contributed by atoms with E-state index < -0.39 is 34.3 Å². The number of aromatic carboxylic acids is 1. The molecule has 4 aromatic rings. The summed E-state index contributed by atoms with van der Waals surface area (Å²) in [5.41, 5.74) is 0.536. The number of hydrogen-bond donors (Lipinski definition) is 3. The van der Waals surface area contributed by atoms with Crippen molar-refractivity contribution in [2.45, 2.75) is 62.2 Å². The molecule has 9 nitrogen and oxygen atoms in total. The number of carboxylic acids is 1. The van der Waals surface area contributed by atoms with Gasteiger partial charge in [0.15, 0.2) is 17.0 Å². The van der Waals surface area contributed by atoms with E-state index in [0.29, 0.717) is 34.8 Å². The Kier molecular flexibility index (Phi) is 12.0.